The Labute approximate surface area is 198 Å². The van der Waals surface area contributed by atoms with Gasteiger partial charge in [0.1, 0.15) is 17.3 Å². The third-order valence-corrected chi connectivity index (χ3v) is 6.22. The fourth-order valence-corrected chi connectivity index (χ4v) is 3.97. The summed E-state index contributed by atoms with van der Waals surface area (Å²) < 4.78 is 45.4. The van der Waals surface area contributed by atoms with Gasteiger partial charge < -0.3 is 10.1 Å². The van der Waals surface area contributed by atoms with Gasteiger partial charge in [-0.1, -0.05) is 35.4 Å². The lowest BCUT2D eigenvalue weighted by Crippen LogP contribution is -2.26. The van der Waals surface area contributed by atoms with Crippen molar-refractivity contribution in [1.29, 1.82) is 0 Å². The number of hydrogen-bond acceptors (Lipinski definition) is 5. The van der Waals surface area contributed by atoms with E-state index in [9.17, 15) is 17.6 Å². The maximum Gasteiger partial charge on any atom is 0.269 e. The monoisotopic (exact) mass is 493 g/mol. The molecule has 0 aliphatic rings. The summed E-state index contributed by atoms with van der Waals surface area (Å²) in [5, 5.41) is 2.48. The molecule has 33 heavy (non-hydrogen) atoms. The second-order valence-electron chi connectivity index (χ2n) is 6.98. The number of hydrogen-bond donors (Lipinski definition) is 2. The van der Waals surface area contributed by atoms with Crippen molar-refractivity contribution in [2.75, 3.05) is 20.2 Å². The van der Waals surface area contributed by atoms with E-state index in [1.54, 1.807) is 20.1 Å². The Balaban J connectivity index is 1.91. The number of nitrogens with zero attached hydrogens (tertiary/aromatic N) is 1. The average molecular weight is 494 g/mol. The number of halogens is 2. The van der Waals surface area contributed by atoms with Gasteiger partial charge in [-0.15, -0.1) is 0 Å². The summed E-state index contributed by atoms with van der Waals surface area (Å²) in [4.78, 5) is 15.9. The number of benzene rings is 2. The van der Waals surface area contributed by atoms with Crippen molar-refractivity contribution in [1.82, 2.24) is 10.0 Å². The van der Waals surface area contributed by atoms with Gasteiger partial charge in [0, 0.05) is 13.1 Å². The van der Waals surface area contributed by atoms with Gasteiger partial charge in [0.25, 0.3) is 5.91 Å². The summed E-state index contributed by atoms with van der Waals surface area (Å²) in [7, 11) is -2.29. The first kappa shape index (κ1) is 26.2. The van der Waals surface area contributed by atoms with E-state index < -0.39 is 21.7 Å². The lowest BCUT2D eigenvalue weighted by Gasteiger charge is -2.08. The largest absolute Gasteiger partial charge is 0.497 e. The van der Waals surface area contributed by atoms with Gasteiger partial charge in [-0.3, -0.25) is 9.79 Å². The number of allylic oxidation sites excluding steroid dienone is 2. The molecule has 0 spiro atoms. The van der Waals surface area contributed by atoms with Gasteiger partial charge in [-0.05, 0) is 62.0 Å². The van der Waals surface area contributed by atoms with E-state index in [0.29, 0.717) is 18.5 Å². The summed E-state index contributed by atoms with van der Waals surface area (Å²) in [6, 6.07) is 10.7. The van der Waals surface area contributed by atoms with Gasteiger partial charge in [-0.2, -0.15) is 0 Å². The highest BCUT2D eigenvalue weighted by Gasteiger charge is 2.15. The highest BCUT2D eigenvalue weighted by molar-refractivity contribution is 7.89. The number of carbonyl (C=O) groups excluding carboxylic acids is 1. The van der Waals surface area contributed by atoms with Crippen LogP contribution >= 0.6 is 11.6 Å². The summed E-state index contributed by atoms with van der Waals surface area (Å²) in [5.41, 5.74) is 1.75. The van der Waals surface area contributed by atoms with Crippen molar-refractivity contribution in [3.8, 4) is 5.75 Å². The maximum absolute atomic E-state index is 13.3. The summed E-state index contributed by atoms with van der Waals surface area (Å²) in [6.45, 7) is 5.46. The van der Waals surface area contributed by atoms with Crippen LogP contribution in [-0.2, 0) is 21.2 Å². The third-order valence-electron chi connectivity index (χ3n) is 4.53. The van der Waals surface area contributed by atoms with Gasteiger partial charge >= 0.3 is 0 Å². The predicted molar refractivity (Wildman–Crippen MR) is 128 cm³/mol. The molecule has 2 aromatic rings. The normalized spacial score (nSPS) is 12.4. The lowest BCUT2D eigenvalue weighted by molar-refractivity contribution is -0.117. The third kappa shape index (κ3) is 8.12. The average Bonchev–Trinajstić information content (AvgIpc) is 2.80. The van der Waals surface area contributed by atoms with Crippen LogP contribution in [-0.4, -0.2) is 41.2 Å². The van der Waals surface area contributed by atoms with Crippen LogP contribution in [0.25, 0.3) is 0 Å². The molecule has 0 atom stereocenters. The highest BCUT2D eigenvalue weighted by Crippen LogP contribution is 2.19. The molecule has 176 valence electrons. The Morgan fingerprint density at radius 1 is 1.21 bits per heavy atom. The molecular weight excluding hydrogens is 469 g/mol. The number of ether oxygens (including phenoxy) is 1. The number of rotatable bonds is 11. The Hall–Kier alpha value is -3.01. The molecule has 0 aliphatic heterocycles. The fraction of sp³-hybridized carbons (Fsp3) is 0.217. The van der Waals surface area contributed by atoms with E-state index >= 15 is 0 Å². The van der Waals surface area contributed by atoms with Crippen molar-refractivity contribution in [3.63, 3.8) is 0 Å². The number of methoxy groups -OCH3 is 1. The first-order chi connectivity index (χ1) is 15.7. The Kier molecular flexibility index (Phi) is 9.77. The minimum Gasteiger partial charge on any atom is -0.497 e. The molecular formula is C23H25ClFN3O4S. The topological polar surface area (TPSA) is 96.9 Å². The number of carbonyl (C=O) groups is 1. The second-order valence-corrected chi connectivity index (χ2v) is 9.15. The molecule has 10 heteroatoms. The van der Waals surface area contributed by atoms with Crippen molar-refractivity contribution >= 4 is 34.2 Å². The van der Waals surface area contributed by atoms with Gasteiger partial charge in [-0.25, -0.2) is 17.5 Å². The molecule has 0 saturated heterocycles. The Morgan fingerprint density at radius 3 is 2.52 bits per heavy atom. The van der Waals surface area contributed by atoms with Crippen LogP contribution in [0.15, 0.2) is 75.8 Å². The molecule has 0 fully saturated rings. The predicted octanol–water partition coefficient (Wildman–Crippen LogP) is 3.66. The zero-order valence-corrected chi connectivity index (χ0v) is 19.8. The van der Waals surface area contributed by atoms with Crippen molar-refractivity contribution in [3.05, 3.63) is 82.3 Å². The first-order valence-electron chi connectivity index (χ1n) is 9.86. The number of nitrogens with one attached hydrogen (secondary N) is 2. The van der Waals surface area contributed by atoms with Crippen LogP contribution in [0.3, 0.4) is 0 Å². The quantitative estimate of drug-likeness (QED) is 0.283. The van der Waals surface area contributed by atoms with E-state index in [0.717, 1.165) is 29.5 Å². The summed E-state index contributed by atoms with van der Waals surface area (Å²) >= 11 is 5.65. The number of sulfonamides is 1. The summed E-state index contributed by atoms with van der Waals surface area (Å²) in [5.74, 6) is -0.345. The first-order valence-corrected chi connectivity index (χ1v) is 11.7. The molecule has 0 bridgehead atoms. The Morgan fingerprint density at radius 2 is 1.91 bits per heavy atom. The van der Waals surface area contributed by atoms with Crippen molar-refractivity contribution in [2.24, 2.45) is 4.99 Å². The smallest absolute Gasteiger partial charge is 0.269 e. The van der Waals surface area contributed by atoms with Gasteiger partial charge in [0.2, 0.25) is 10.0 Å². The zero-order valence-electron chi connectivity index (χ0n) is 18.3. The molecule has 0 unspecified atom stereocenters. The van der Waals surface area contributed by atoms with Crippen LogP contribution in [0.1, 0.15) is 12.5 Å². The van der Waals surface area contributed by atoms with Crippen LogP contribution < -0.4 is 14.8 Å². The van der Waals surface area contributed by atoms with E-state index in [4.69, 9.17) is 16.3 Å². The fourth-order valence-electron chi connectivity index (χ4n) is 2.62. The molecule has 0 heterocycles. The van der Waals surface area contributed by atoms with Gasteiger partial charge in [0.15, 0.2) is 0 Å². The second kappa shape index (κ2) is 12.3. The molecule has 2 N–H and O–H groups in total. The van der Waals surface area contributed by atoms with Gasteiger partial charge in [0.05, 0.1) is 17.0 Å². The maximum atomic E-state index is 13.3. The minimum atomic E-state index is -3.88. The van der Waals surface area contributed by atoms with E-state index in [-0.39, 0.29) is 22.2 Å². The SMILES string of the molecule is C=N/C(=C\C=C(/C)CNS(=O)(=O)c1ccc(F)c(Cl)c1)C(=O)NCCc1ccc(OC)cc1. The standard InChI is InChI=1S/C23H25ClFN3O4S/c1-16(15-28-33(30,31)19-9-10-21(25)20(24)14-19)4-11-22(26-2)23(29)27-13-12-17-5-7-18(32-3)8-6-17/h4-11,14,28H,2,12-13,15H2,1,3H3,(H,27,29)/b16-4+,22-11-. The van der Waals surface area contributed by atoms with Crippen LogP contribution in [0.4, 0.5) is 4.39 Å². The molecule has 2 aromatic carbocycles. The van der Waals surface area contributed by atoms with E-state index in [1.807, 2.05) is 24.3 Å². The van der Waals surface area contributed by atoms with E-state index in [1.165, 1.54) is 6.08 Å². The summed E-state index contributed by atoms with van der Waals surface area (Å²) in [6.07, 6.45) is 3.64. The highest BCUT2D eigenvalue weighted by atomic mass is 35.5. The molecule has 0 saturated carbocycles. The molecule has 0 aliphatic carbocycles. The van der Waals surface area contributed by atoms with Crippen LogP contribution in [0.2, 0.25) is 5.02 Å². The lowest BCUT2D eigenvalue weighted by atomic mass is 10.1. The molecule has 0 aromatic heterocycles. The van der Waals surface area contributed by atoms with Crippen molar-refractivity contribution in [2.45, 2.75) is 18.2 Å². The molecule has 2 rings (SSSR count). The molecule has 7 nitrogen and oxygen atoms in total. The molecule has 1 amide bonds. The Bertz CT molecular complexity index is 1160. The number of aliphatic imine (C=N–C) groups is 1. The minimum absolute atomic E-state index is 0.0304. The number of amides is 1. The van der Waals surface area contributed by atoms with Crippen LogP contribution in [0.5, 0.6) is 5.75 Å². The zero-order chi connectivity index (χ0) is 24.4. The van der Waals surface area contributed by atoms with Crippen molar-refractivity contribution < 1.29 is 22.3 Å². The van der Waals surface area contributed by atoms with Crippen LogP contribution in [0, 0.1) is 5.82 Å². The molecule has 0 radical (unpaired) electrons. The van der Waals surface area contributed by atoms with E-state index in [2.05, 4.69) is 21.7 Å².